The maximum atomic E-state index is 13.1. The van der Waals surface area contributed by atoms with E-state index in [0.717, 1.165) is 5.65 Å². The molecular formula is C20H21N5O5S2. The minimum absolute atomic E-state index is 0.0564. The molecule has 32 heavy (non-hydrogen) atoms. The van der Waals surface area contributed by atoms with Gasteiger partial charge < -0.3 is 14.4 Å². The van der Waals surface area contributed by atoms with Crippen LogP contribution >= 0.6 is 11.8 Å². The standard InChI is InChI=1S/C20H21N5O5S2/c26-19(14-31-20-22-21-18-3-1-2-6-25(18)20)23-7-9-24(10-8-23)32(27,28)15-4-5-16-17(13-15)30-12-11-29-16/h1-6,13H,7-12,14H2. The highest BCUT2D eigenvalue weighted by Crippen LogP contribution is 2.33. The van der Waals surface area contributed by atoms with Gasteiger partial charge in [0.15, 0.2) is 22.3 Å². The quantitative estimate of drug-likeness (QED) is 0.506. The summed E-state index contributed by atoms with van der Waals surface area (Å²) in [6.07, 6.45) is 1.85. The van der Waals surface area contributed by atoms with Crippen LogP contribution in [-0.2, 0) is 14.8 Å². The van der Waals surface area contributed by atoms with Crippen molar-refractivity contribution in [3.05, 3.63) is 42.6 Å². The van der Waals surface area contributed by atoms with Crippen molar-refractivity contribution < 1.29 is 22.7 Å². The van der Waals surface area contributed by atoms with Crippen LogP contribution in [0, 0.1) is 0 Å². The van der Waals surface area contributed by atoms with Gasteiger partial charge in [0, 0.05) is 38.4 Å². The number of hydrogen-bond acceptors (Lipinski definition) is 8. The number of hydrogen-bond donors (Lipinski definition) is 0. The first-order valence-electron chi connectivity index (χ1n) is 10.1. The van der Waals surface area contributed by atoms with Crippen molar-refractivity contribution in [2.45, 2.75) is 10.1 Å². The summed E-state index contributed by atoms with van der Waals surface area (Å²) >= 11 is 1.32. The molecule has 0 bridgehead atoms. The molecule has 0 N–H and O–H groups in total. The monoisotopic (exact) mass is 475 g/mol. The second-order valence-corrected chi connectivity index (χ2v) is 10.2. The summed E-state index contributed by atoms with van der Waals surface area (Å²) < 4.78 is 40.3. The van der Waals surface area contributed by atoms with Gasteiger partial charge in [0.25, 0.3) is 0 Å². The molecule has 2 aliphatic rings. The average molecular weight is 476 g/mol. The van der Waals surface area contributed by atoms with E-state index < -0.39 is 10.0 Å². The number of piperazine rings is 1. The minimum Gasteiger partial charge on any atom is -0.486 e. The number of carbonyl (C=O) groups is 1. The first kappa shape index (κ1) is 21.0. The smallest absolute Gasteiger partial charge is 0.243 e. The van der Waals surface area contributed by atoms with Crippen LogP contribution in [-0.4, -0.2) is 83.3 Å². The molecule has 2 aliphatic heterocycles. The second-order valence-electron chi connectivity index (χ2n) is 7.29. The molecule has 168 valence electrons. The van der Waals surface area contributed by atoms with Crippen molar-refractivity contribution in [3.8, 4) is 11.5 Å². The van der Waals surface area contributed by atoms with E-state index >= 15 is 0 Å². The lowest BCUT2D eigenvalue weighted by atomic mass is 10.3. The molecule has 3 aromatic rings. The van der Waals surface area contributed by atoms with Crippen molar-refractivity contribution in [3.63, 3.8) is 0 Å². The summed E-state index contributed by atoms with van der Waals surface area (Å²) in [5.41, 5.74) is 0.723. The topological polar surface area (TPSA) is 106 Å². The van der Waals surface area contributed by atoms with Gasteiger partial charge >= 0.3 is 0 Å². The van der Waals surface area contributed by atoms with E-state index in [-0.39, 0.29) is 29.6 Å². The van der Waals surface area contributed by atoms with Crippen LogP contribution in [0.3, 0.4) is 0 Å². The lowest BCUT2D eigenvalue weighted by Gasteiger charge is -2.34. The number of pyridine rings is 1. The van der Waals surface area contributed by atoms with Crippen molar-refractivity contribution in [2.75, 3.05) is 45.1 Å². The van der Waals surface area contributed by atoms with Crippen molar-refractivity contribution in [1.29, 1.82) is 0 Å². The van der Waals surface area contributed by atoms with Crippen LogP contribution in [0.15, 0.2) is 52.6 Å². The Balaban J connectivity index is 1.19. The predicted octanol–water partition coefficient (Wildman–Crippen LogP) is 1.13. The highest BCUT2D eigenvalue weighted by molar-refractivity contribution is 7.99. The van der Waals surface area contributed by atoms with Gasteiger partial charge in [-0.25, -0.2) is 8.42 Å². The number of amides is 1. The lowest BCUT2D eigenvalue weighted by molar-refractivity contribution is -0.129. The molecule has 4 heterocycles. The van der Waals surface area contributed by atoms with Gasteiger partial charge in [-0.05, 0) is 24.3 Å². The van der Waals surface area contributed by atoms with Crippen LogP contribution in [0.1, 0.15) is 0 Å². The van der Waals surface area contributed by atoms with Gasteiger partial charge in [0.1, 0.15) is 13.2 Å². The minimum atomic E-state index is -3.68. The van der Waals surface area contributed by atoms with E-state index in [1.54, 1.807) is 11.0 Å². The zero-order valence-electron chi connectivity index (χ0n) is 17.1. The molecule has 5 rings (SSSR count). The number of aromatic nitrogens is 3. The molecule has 0 aliphatic carbocycles. The Morgan fingerprint density at radius 3 is 2.59 bits per heavy atom. The first-order valence-corrected chi connectivity index (χ1v) is 12.5. The molecule has 1 aromatic carbocycles. The Bertz CT molecular complexity index is 1250. The molecule has 1 fully saturated rings. The molecule has 0 saturated carbocycles. The number of sulfonamides is 1. The summed E-state index contributed by atoms with van der Waals surface area (Å²) in [6, 6.07) is 10.2. The summed E-state index contributed by atoms with van der Waals surface area (Å²) in [6.45, 7) is 1.98. The third-order valence-corrected chi connectivity index (χ3v) is 8.17. The Labute approximate surface area is 189 Å². The molecule has 0 unspecified atom stereocenters. The van der Waals surface area contributed by atoms with E-state index in [1.807, 2.05) is 28.8 Å². The van der Waals surface area contributed by atoms with Gasteiger partial charge in [0.2, 0.25) is 15.9 Å². The molecule has 0 radical (unpaired) electrons. The third kappa shape index (κ3) is 4.00. The van der Waals surface area contributed by atoms with Crippen molar-refractivity contribution >= 4 is 33.3 Å². The van der Waals surface area contributed by atoms with Gasteiger partial charge in [-0.15, -0.1) is 10.2 Å². The summed E-state index contributed by atoms with van der Waals surface area (Å²) in [7, 11) is -3.68. The molecule has 10 nitrogen and oxygen atoms in total. The Morgan fingerprint density at radius 1 is 1.00 bits per heavy atom. The number of rotatable bonds is 5. The molecular weight excluding hydrogens is 454 g/mol. The fraction of sp³-hybridized carbons (Fsp3) is 0.350. The zero-order valence-corrected chi connectivity index (χ0v) is 18.7. The summed E-state index contributed by atoms with van der Waals surface area (Å²) in [5.74, 6) is 1.14. The Hall–Kier alpha value is -2.83. The molecule has 1 amide bonds. The molecule has 2 aromatic heterocycles. The average Bonchev–Trinajstić information content (AvgIpc) is 3.25. The van der Waals surface area contributed by atoms with Crippen molar-refractivity contribution in [2.24, 2.45) is 0 Å². The summed E-state index contributed by atoms with van der Waals surface area (Å²) in [4.78, 5) is 14.5. The number of ether oxygens (including phenoxy) is 2. The summed E-state index contributed by atoms with van der Waals surface area (Å²) in [5, 5.41) is 8.85. The third-order valence-electron chi connectivity index (χ3n) is 5.35. The molecule has 1 saturated heterocycles. The van der Waals surface area contributed by atoms with E-state index in [2.05, 4.69) is 10.2 Å². The Kier molecular flexibility index (Phi) is 5.66. The van der Waals surface area contributed by atoms with E-state index in [4.69, 9.17) is 9.47 Å². The van der Waals surface area contributed by atoms with E-state index in [9.17, 15) is 13.2 Å². The second kappa shape index (κ2) is 8.60. The van der Waals surface area contributed by atoms with Crippen LogP contribution in [0.2, 0.25) is 0 Å². The van der Waals surface area contributed by atoms with Crippen LogP contribution in [0.25, 0.3) is 5.65 Å². The van der Waals surface area contributed by atoms with Gasteiger partial charge in [-0.3, -0.25) is 9.20 Å². The molecule has 0 atom stereocenters. The lowest BCUT2D eigenvalue weighted by Crippen LogP contribution is -2.51. The Morgan fingerprint density at radius 2 is 1.78 bits per heavy atom. The van der Waals surface area contributed by atoms with Crippen molar-refractivity contribution in [1.82, 2.24) is 23.8 Å². The predicted molar refractivity (Wildman–Crippen MR) is 116 cm³/mol. The van der Waals surface area contributed by atoms with Gasteiger partial charge in [-0.1, -0.05) is 17.8 Å². The van der Waals surface area contributed by atoms with Crippen LogP contribution in [0.4, 0.5) is 0 Å². The zero-order chi connectivity index (χ0) is 22.1. The normalized spacial score (nSPS) is 16.9. The number of carbonyl (C=O) groups excluding carboxylic acids is 1. The maximum absolute atomic E-state index is 13.1. The van der Waals surface area contributed by atoms with Gasteiger partial charge in [-0.2, -0.15) is 4.31 Å². The van der Waals surface area contributed by atoms with E-state index in [1.165, 1.54) is 28.2 Å². The number of benzene rings is 1. The fourth-order valence-electron chi connectivity index (χ4n) is 3.65. The highest BCUT2D eigenvalue weighted by Gasteiger charge is 2.31. The van der Waals surface area contributed by atoms with Gasteiger partial charge in [0.05, 0.1) is 10.6 Å². The largest absolute Gasteiger partial charge is 0.486 e. The number of fused-ring (bicyclic) bond motifs is 2. The van der Waals surface area contributed by atoms with Crippen LogP contribution in [0.5, 0.6) is 11.5 Å². The maximum Gasteiger partial charge on any atom is 0.243 e. The highest BCUT2D eigenvalue weighted by atomic mass is 32.2. The fourth-order valence-corrected chi connectivity index (χ4v) is 5.91. The van der Waals surface area contributed by atoms with E-state index in [0.29, 0.717) is 43.0 Å². The SMILES string of the molecule is O=C(CSc1nnc2ccccn12)N1CCN(S(=O)(=O)c2ccc3c(c2)OCCO3)CC1. The first-order chi connectivity index (χ1) is 15.5. The van der Waals surface area contributed by atoms with Crippen LogP contribution < -0.4 is 9.47 Å². The molecule has 0 spiro atoms. The molecule has 12 heteroatoms. The number of nitrogens with zero attached hydrogens (tertiary/aromatic N) is 5. The number of thioether (sulfide) groups is 1.